The summed E-state index contributed by atoms with van der Waals surface area (Å²) in [5.41, 5.74) is 4.45. The molecule has 1 aromatic carbocycles. The molecule has 122 valence electrons. The fraction of sp³-hybridized carbons (Fsp3) is 0.353. The van der Waals surface area contributed by atoms with Gasteiger partial charge in [-0.05, 0) is 62.3 Å². The molecule has 0 aliphatic heterocycles. The number of H-pyrrole nitrogens is 1. The van der Waals surface area contributed by atoms with Crippen molar-refractivity contribution in [1.29, 1.82) is 0 Å². The summed E-state index contributed by atoms with van der Waals surface area (Å²) in [5.74, 6) is 0.294. The van der Waals surface area contributed by atoms with Crippen molar-refractivity contribution < 1.29 is 9.53 Å². The van der Waals surface area contributed by atoms with Crippen LogP contribution in [0.25, 0.3) is 0 Å². The number of aryl methyl sites for hydroxylation is 2. The van der Waals surface area contributed by atoms with Crippen molar-refractivity contribution in [3.8, 4) is 0 Å². The minimum atomic E-state index is -0.335. The summed E-state index contributed by atoms with van der Waals surface area (Å²) in [6.07, 6.45) is 2.46. The molecule has 0 amide bonds. The third kappa shape index (κ3) is 3.35. The zero-order valence-corrected chi connectivity index (χ0v) is 14.9. The van der Waals surface area contributed by atoms with Crippen LogP contribution in [0, 0.1) is 13.8 Å². The molecular formula is C17H19ClN2O2S. The highest BCUT2D eigenvalue weighted by Gasteiger charge is 2.26. The fourth-order valence-corrected chi connectivity index (χ4v) is 3.88. The lowest BCUT2D eigenvalue weighted by Gasteiger charge is -2.09. The molecule has 2 aromatic rings. The van der Waals surface area contributed by atoms with Crippen LogP contribution in [0.2, 0.25) is 5.02 Å². The van der Waals surface area contributed by atoms with Gasteiger partial charge < -0.3 is 14.4 Å². The highest BCUT2D eigenvalue weighted by atomic mass is 35.5. The normalized spacial score (nSPS) is 13.9. The topological polar surface area (TPSA) is 54.1 Å². The summed E-state index contributed by atoms with van der Waals surface area (Å²) in [7, 11) is 1.39. The van der Waals surface area contributed by atoms with Gasteiger partial charge in [0, 0.05) is 22.1 Å². The maximum absolute atomic E-state index is 12.0. The number of hydrogen-bond donors (Lipinski definition) is 2. The van der Waals surface area contributed by atoms with Crippen LogP contribution in [-0.2, 0) is 4.74 Å². The summed E-state index contributed by atoms with van der Waals surface area (Å²) in [6, 6.07) is 6.05. The molecular weight excluding hydrogens is 332 g/mol. The number of carbonyl (C=O) groups excluding carboxylic acids is 1. The van der Waals surface area contributed by atoms with Crippen LogP contribution < -0.4 is 4.72 Å². The molecule has 0 spiro atoms. The Bertz CT molecular complexity index is 753. The molecule has 1 fully saturated rings. The number of anilines is 1. The Morgan fingerprint density at radius 2 is 2.09 bits per heavy atom. The van der Waals surface area contributed by atoms with Crippen LogP contribution >= 0.6 is 23.5 Å². The van der Waals surface area contributed by atoms with E-state index in [2.05, 4.69) is 15.8 Å². The maximum Gasteiger partial charge on any atom is 0.340 e. The molecule has 0 atom stereocenters. The Hall–Kier alpha value is -1.59. The number of carbonyl (C=O) groups is 1. The molecule has 3 rings (SSSR count). The van der Waals surface area contributed by atoms with Crippen molar-refractivity contribution in [2.24, 2.45) is 0 Å². The molecule has 0 radical (unpaired) electrons. The molecule has 0 bridgehead atoms. The lowest BCUT2D eigenvalue weighted by atomic mass is 10.1. The molecule has 0 saturated heterocycles. The molecule has 1 aromatic heterocycles. The molecule has 1 aliphatic carbocycles. The van der Waals surface area contributed by atoms with E-state index < -0.39 is 0 Å². The standard InChI is InChI=1S/C17H19ClN2O2S/c1-9-15(17(21)22-3)16(10(2)19-9)23-20-12-6-7-13(11-4-5-11)14(18)8-12/h6-8,11,19-20H,4-5H2,1-3H3. The van der Waals surface area contributed by atoms with Crippen molar-refractivity contribution in [3.63, 3.8) is 0 Å². The summed E-state index contributed by atoms with van der Waals surface area (Å²) in [4.78, 5) is 16.0. The molecule has 0 unspecified atom stereocenters. The first-order valence-electron chi connectivity index (χ1n) is 7.51. The van der Waals surface area contributed by atoms with Crippen LogP contribution in [0.4, 0.5) is 5.69 Å². The third-order valence-corrected chi connectivity index (χ3v) is 5.38. The molecule has 1 saturated carbocycles. The van der Waals surface area contributed by atoms with Crippen molar-refractivity contribution >= 4 is 35.2 Å². The second kappa shape index (κ2) is 6.49. The lowest BCUT2D eigenvalue weighted by molar-refractivity contribution is 0.0596. The number of halogens is 1. The number of aromatic amines is 1. The Morgan fingerprint density at radius 1 is 1.35 bits per heavy atom. The van der Waals surface area contributed by atoms with E-state index in [9.17, 15) is 4.79 Å². The van der Waals surface area contributed by atoms with Crippen LogP contribution in [0.15, 0.2) is 23.1 Å². The molecule has 6 heteroatoms. The Morgan fingerprint density at radius 3 is 2.70 bits per heavy atom. The number of nitrogens with one attached hydrogen (secondary N) is 2. The molecule has 1 heterocycles. The van der Waals surface area contributed by atoms with Gasteiger partial charge in [0.15, 0.2) is 0 Å². The van der Waals surface area contributed by atoms with Crippen molar-refractivity contribution in [2.45, 2.75) is 37.5 Å². The first kappa shape index (κ1) is 16.3. The number of ether oxygens (including phenoxy) is 1. The molecule has 23 heavy (non-hydrogen) atoms. The van der Waals surface area contributed by atoms with E-state index in [0.717, 1.165) is 27.0 Å². The van der Waals surface area contributed by atoms with E-state index in [1.54, 1.807) is 0 Å². The predicted octanol–water partition coefficient (Wildman–Crippen LogP) is 5.07. The van der Waals surface area contributed by atoms with E-state index in [-0.39, 0.29) is 5.97 Å². The van der Waals surface area contributed by atoms with E-state index >= 15 is 0 Å². The summed E-state index contributed by atoms with van der Waals surface area (Å²) in [6.45, 7) is 3.80. The fourth-order valence-electron chi connectivity index (χ4n) is 2.66. The van der Waals surface area contributed by atoms with Gasteiger partial charge in [-0.25, -0.2) is 4.79 Å². The minimum absolute atomic E-state index is 0.335. The second-order valence-corrected chi connectivity index (χ2v) is 7.01. The van der Waals surface area contributed by atoms with Gasteiger partial charge in [-0.15, -0.1) is 0 Å². The van der Waals surface area contributed by atoms with E-state index in [1.807, 2.05) is 26.0 Å². The number of esters is 1. The quantitative estimate of drug-likeness (QED) is 0.584. The monoisotopic (exact) mass is 350 g/mol. The third-order valence-electron chi connectivity index (χ3n) is 4.00. The highest BCUT2D eigenvalue weighted by molar-refractivity contribution is 8.00. The van der Waals surface area contributed by atoms with Gasteiger partial charge in [-0.1, -0.05) is 17.7 Å². The highest BCUT2D eigenvalue weighted by Crippen LogP contribution is 2.44. The SMILES string of the molecule is COC(=O)c1c(C)[nH]c(C)c1SNc1ccc(C2CC2)c(Cl)c1. The van der Waals surface area contributed by atoms with E-state index in [4.69, 9.17) is 16.3 Å². The largest absolute Gasteiger partial charge is 0.465 e. The summed E-state index contributed by atoms with van der Waals surface area (Å²) in [5, 5.41) is 0.799. The summed E-state index contributed by atoms with van der Waals surface area (Å²) < 4.78 is 8.14. The number of hydrogen-bond acceptors (Lipinski definition) is 4. The number of methoxy groups -OCH3 is 1. The Balaban J connectivity index is 1.78. The van der Waals surface area contributed by atoms with Crippen LogP contribution in [-0.4, -0.2) is 18.1 Å². The van der Waals surface area contributed by atoms with Gasteiger partial charge in [-0.2, -0.15) is 0 Å². The van der Waals surface area contributed by atoms with E-state index in [1.165, 1.54) is 37.5 Å². The lowest BCUT2D eigenvalue weighted by Crippen LogP contribution is -2.04. The second-order valence-electron chi connectivity index (χ2n) is 5.79. The molecule has 1 aliphatic rings. The van der Waals surface area contributed by atoms with Gasteiger partial charge in [-0.3, -0.25) is 0 Å². The number of aromatic nitrogens is 1. The molecule has 2 N–H and O–H groups in total. The Labute approximate surface area is 145 Å². The number of rotatable bonds is 5. The van der Waals surface area contributed by atoms with Crippen LogP contribution in [0.1, 0.15) is 46.1 Å². The van der Waals surface area contributed by atoms with Gasteiger partial charge in [0.2, 0.25) is 0 Å². The van der Waals surface area contributed by atoms with Crippen molar-refractivity contribution in [2.75, 3.05) is 11.8 Å². The van der Waals surface area contributed by atoms with Gasteiger partial charge in [0.05, 0.1) is 17.6 Å². The first-order chi connectivity index (χ1) is 11.0. The zero-order valence-electron chi connectivity index (χ0n) is 13.3. The Kier molecular flexibility index (Phi) is 4.60. The van der Waals surface area contributed by atoms with Gasteiger partial charge in [0.25, 0.3) is 0 Å². The van der Waals surface area contributed by atoms with Crippen LogP contribution in [0.5, 0.6) is 0 Å². The average molecular weight is 351 g/mol. The predicted molar refractivity (Wildman–Crippen MR) is 94.5 cm³/mol. The minimum Gasteiger partial charge on any atom is -0.465 e. The smallest absolute Gasteiger partial charge is 0.340 e. The van der Waals surface area contributed by atoms with E-state index in [0.29, 0.717) is 11.5 Å². The number of benzene rings is 1. The van der Waals surface area contributed by atoms with Gasteiger partial charge in [0.1, 0.15) is 0 Å². The maximum atomic E-state index is 12.0. The zero-order chi connectivity index (χ0) is 16.6. The molecule has 4 nitrogen and oxygen atoms in total. The average Bonchev–Trinajstić information content (AvgIpc) is 3.30. The van der Waals surface area contributed by atoms with Crippen molar-refractivity contribution in [3.05, 3.63) is 45.7 Å². The van der Waals surface area contributed by atoms with Crippen molar-refractivity contribution in [1.82, 2.24) is 4.98 Å². The summed E-state index contributed by atoms with van der Waals surface area (Å²) >= 11 is 7.75. The van der Waals surface area contributed by atoms with Crippen LogP contribution in [0.3, 0.4) is 0 Å². The first-order valence-corrected chi connectivity index (χ1v) is 8.70. The van der Waals surface area contributed by atoms with Gasteiger partial charge >= 0.3 is 5.97 Å².